The minimum absolute atomic E-state index is 0.406. The summed E-state index contributed by atoms with van der Waals surface area (Å²) in [5.41, 5.74) is 2.99. The number of nitriles is 1. The molecule has 1 N–H and O–H groups in total. The molecule has 28 heavy (non-hydrogen) atoms. The van der Waals surface area contributed by atoms with Gasteiger partial charge >= 0.3 is 6.09 Å². The van der Waals surface area contributed by atoms with Gasteiger partial charge in [-0.15, -0.1) is 0 Å². The maximum atomic E-state index is 12.5. The van der Waals surface area contributed by atoms with Gasteiger partial charge in [0.25, 0.3) is 0 Å². The van der Waals surface area contributed by atoms with Crippen LogP contribution < -0.4 is 5.32 Å². The van der Waals surface area contributed by atoms with Crippen LogP contribution in [0, 0.1) is 11.3 Å². The molecule has 0 saturated carbocycles. The number of nitrogens with one attached hydrogen (secondary N) is 1. The van der Waals surface area contributed by atoms with E-state index in [2.05, 4.69) is 16.5 Å². The van der Waals surface area contributed by atoms with Crippen molar-refractivity contribution in [3.8, 4) is 17.4 Å². The first-order valence-electron chi connectivity index (χ1n) is 8.74. The zero-order valence-electron chi connectivity index (χ0n) is 15.4. The Morgan fingerprint density at radius 3 is 2.64 bits per heavy atom. The molecule has 0 aliphatic rings. The van der Waals surface area contributed by atoms with Gasteiger partial charge in [-0.3, -0.25) is 5.32 Å². The fraction of sp³-hybridized carbons (Fsp3) is 0.190. The number of hydrogen-bond donors (Lipinski definition) is 1. The highest BCUT2D eigenvalue weighted by molar-refractivity contribution is 6.31. The van der Waals surface area contributed by atoms with Crippen LogP contribution in [0.5, 0.6) is 0 Å². The summed E-state index contributed by atoms with van der Waals surface area (Å²) in [6.45, 7) is 3.65. The van der Waals surface area contributed by atoms with Gasteiger partial charge in [-0.25, -0.2) is 4.79 Å². The highest BCUT2D eigenvalue weighted by Crippen LogP contribution is 2.32. The smallest absolute Gasteiger partial charge is 0.412 e. The van der Waals surface area contributed by atoms with E-state index in [1.165, 1.54) is 0 Å². The maximum absolute atomic E-state index is 12.5. The lowest BCUT2D eigenvalue weighted by molar-refractivity contribution is 0.121. The molecule has 0 fully saturated rings. The molecule has 0 bridgehead atoms. The molecule has 0 aliphatic heterocycles. The zero-order chi connectivity index (χ0) is 20.1. The Bertz CT molecular complexity index is 1020. The number of carbonyl (C=O) groups is 1. The van der Waals surface area contributed by atoms with Crippen molar-refractivity contribution >= 4 is 23.4 Å². The standard InChI is InChI=1S/C21H18ClN3O3/c1-3-18-19(20(28-25-18)15-10-8-14(12-23)9-11-15)24-21(26)27-13(2)16-6-4-5-7-17(16)22/h4-11,13H,3H2,1-2H3,(H,24,26). The van der Waals surface area contributed by atoms with Crippen LogP contribution in [0.25, 0.3) is 11.3 Å². The predicted octanol–water partition coefficient (Wildman–Crippen LogP) is 5.74. The molecular weight excluding hydrogens is 378 g/mol. The van der Waals surface area contributed by atoms with Gasteiger partial charge in [0.2, 0.25) is 0 Å². The second-order valence-corrected chi connectivity index (χ2v) is 6.48. The molecule has 0 radical (unpaired) electrons. The van der Waals surface area contributed by atoms with Crippen molar-refractivity contribution in [1.82, 2.24) is 5.16 Å². The van der Waals surface area contributed by atoms with E-state index in [1.807, 2.05) is 19.1 Å². The molecule has 142 valence electrons. The molecule has 1 heterocycles. The van der Waals surface area contributed by atoms with Crippen molar-refractivity contribution in [2.45, 2.75) is 26.4 Å². The Labute approximate surface area is 167 Å². The minimum Gasteiger partial charge on any atom is -0.441 e. The Morgan fingerprint density at radius 1 is 1.29 bits per heavy atom. The summed E-state index contributed by atoms with van der Waals surface area (Å²) in [6.07, 6.45) is -0.604. The van der Waals surface area contributed by atoms with E-state index in [1.54, 1.807) is 43.3 Å². The first-order valence-corrected chi connectivity index (χ1v) is 9.12. The number of aromatic nitrogens is 1. The monoisotopic (exact) mass is 395 g/mol. The largest absolute Gasteiger partial charge is 0.441 e. The van der Waals surface area contributed by atoms with Crippen molar-refractivity contribution in [3.05, 3.63) is 70.4 Å². The Balaban J connectivity index is 1.81. The fourth-order valence-electron chi connectivity index (χ4n) is 2.75. The number of hydrogen-bond acceptors (Lipinski definition) is 5. The summed E-state index contributed by atoms with van der Waals surface area (Å²) in [6, 6.07) is 16.1. The molecule has 2 aromatic carbocycles. The number of aryl methyl sites for hydroxylation is 1. The van der Waals surface area contributed by atoms with E-state index >= 15 is 0 Å². The Kier molecular flexibility index (Phi) is 5.97. The molecule has 1 unspecified atom stereocenters. The van der Waals surface area contributed by atoms with Gasteiger partial charge in [-0.05, 0) is 43.7 Å². The predicted molar refractivity (Wildman–Crippen MR) is 106 cm³/mol. The normalized spacial score (nSPS) is 11.5. The minimum atomic E-state index is -0.639. The molecule has 1 aromatic heterocycles. The van der Waals surface area contributed by atoms with Gasteiger partial charge in [-0.2, -0.15) is 5.26 Å². The number of rotatable bonds is 5. The van der Waals surface area contributed by atoms with Gasteiger partial charge in [0, 0.05) is 16.1 Å². The summed E-state index contributed by atoms with van der Waals surface area (Å²) < 4.78 is 10.9. The van der Waals surface area contributed by atoms with Crippen molar-refractivity contribution in [2.75, 3.05) is 5.32 Å². The van der Waals surface area contributed by atoms with Crippen LogP contribution in [0.1, 0.15) is 36.8 Å². The van der Waals surface area contributed by atoms with Crippen LogP contribution >= 0.6 is 11.6 Å². The number of ether oxygens (including phenoxy) is 1. The quantitative estimate of drug-likeness (QED) is 0.595. The summed E-state index contributed by atoms with van der Waals surface area (Å²) in [5.74, 6) is 0.406. The van der Waals surface area contributed by atoms with Gasteiger partial charge in [0.05, 0.1) is 11.6 Å². The molecule has 3 rings (SSSR count). The molecule has 1 atom stereocenters. The van der Waals surface area contributed by atoms with Crippen molar-refractivity contribution in [3.63, 3.8) is 0 Å². The molecule has 7 heteroatoms. The summed E-state index contributed by atoms with van der Waals surface area (Å²) in [7, 11) is 0. The molecular formula is C21H18ClN3O3. The lowest BCUT2D eigenvalue weighted by Gasteiger charge is -2.15. The van der Waals surface area contributed by atoms with Crippen LogP contribution in [0.2, 0.25) is 5.02 Å². The number of amides is 1. The lowest BCUT2D eigenvalue weighted by atomic mass is 10.1. The van der Waals surface area contributed by atoms with Crippen LogP contribution in [0.3, 0.4) is 0 Å². The molecule has 3 aromatic rings. The van der Waals surface area contributed by atoms with Gasteiger partial charge in [-0.1, -0.05) is 41.9 Å². The average molecular weight is 396 g/mol. The Hall–Kier alpha value is -3.30. The summed E-state index contributed by atoms with van der Waals surface area (Å²) >= 11 is 6.16. The first kappa shape index (κ1) is 19.5. The van der Waals surface area contributed by atoms with Crippen molar-refractivity contribution in [2.24, 2.45) is 0 Å². The Morgan fingerprint density at radius 2 is 2.00 bits per heavy atom. The number of anilines is 1. The molecule has 1 amide bonds. The number of carbonyl (C=O) groups excluding carboxylic acids is 1. The highest BCUT2D eigenvalue weighted by Gasteiger charge is 2.21. The molecule has 0 aliphatic carbocycles. The first-order chi connectivity index (χ1) is 13.5. The van der Waals surface area contributed by atoms with E-state index in [0.717, 1.165) is 0 Å². The van der Waals surface area contributed by atoms with Crippen LogP contribution in [0.15, 0.2) is 53.1 Å². The van der Waals surface area contributed by atoms with E-state index in [-0.39, 0.29) is 0 Å². The lowest BCUT2D eigenvalue weighted by Crippen LogP contribution is -2.17. The number of benzene rings is 2. The summed E-state index contributed by atoms with van der Waals surface area (Å²) in [5, 5.41) is 16.2. The van der Waals surface area contributed by atoms with E-state index < -0.39 is 12.2 Å². The molecule has 6 nitrogen and oxygen atoms in total. The number of nitrogens with zero attached hydrogens (tertiary/aromatic N) is 2. The third-order valence-electron chi connectivity index (χ3n) is 4.23. The van der Waals surface area contributed by atoms with Crippen molar-refractivity contribution in [1.29, 1.82) is 5.26 Å². The SMILES string of the molecule is CCc1noc(-c2ccc(C#N)cc2)c1NC(=O)OC(C)c1ccccc1Cl. The zero-order valence-corrected chi connectivity index (χ0v) is 16.2. The van der Waals surface area contributed by atoms with Gasteiger partial charge < -0.3 is 9.26 Å². The van der Waals surface area contributed by atoms with E-state index in [4.69, 9.17) is 26.1 Å². The van der Waals surface area contributed by atoms with Crippen LogP contribution in [-0.2, 0) is 11.2 Å². The van der Waals surface area contributed by atoms with Gasteiger partial charge in [0.15, 0.2) is 5.76 Å². The van der Waals surface area contributed by atoms with Gasteiger partial charge in [0.1, 0.15) is 17.5 Å². The molecule has 0 saturated heterocycles. The number of halogens is 1. The topological polar surface area (TPSA) is 88.2 Å². The summed E-state index contributed by atoms with van der Waals surface area (Å²) in [4.78, 5) is 12.5. The molecule has 0 spiro atoms. The second-order valence-electron chi connectivity index (χ2n) is 6.07. The van der Waals surface area contributed by atoms with Crippen LogP contribution in [0.4, 0.5) is 10.5 Å². The average Bonchev–Trinajstić information content (AvgIpc) is 3.10. The van der Waals surface area contributed by atoms with E-state index in [9.17, 15) is 4.79 Å². The highest BCUT2D eigenvalue weighted by atomic mass is 35.5. The van der Waals surface area contributed by atoms with Crippen LogP contribution in [-0.4, -0.2) is 11.2 Å². The maximum Gasteiger partial charge on any atom is 0.412 e. The van der Waals surface area contributed by atoms with E-state index in [0.29, 0.717) is 45.3 Å². The third-order valence-corrected chi connectivity index (χ3v) is 4.57. The van der Waals surface area contributed by atoms with Crippen molar-refractivity contribution < 1.29 is 14.1 Å². The fourth-order valence-corrected chi connectivity index (χ4v) is 3.04. The third kappa shape index (κ3) is 4.16. The second kappa shape index (κ2) is 8.59.